The molecule has 1 unspecified atom stereocenters. The van der Waals surface area contributed by atoms with Crippen molar-refractivity contribution in [2.45, 2.75) is 25.8 Å². The first-order valence-corrected chi connectivity index (χ1v) is 5.27. The van der Waals surface area contributed by atoms with E-state index in [4.69, 9.17) is 5.73 Å². The highest BCUT2D eigenvalue weighted by Crippen LogP contribution is 2.15. The summed E-state index contributed by atoms with van der Waals surface area (Å²) in [6.07, 6.45) is 5.48. The molecule has 1 aromatic heterocycles. The molecule has 1 fully saturated rings. The third-order valence-corrected chi connectivity index (χ3v) is 2.79. The molecule has 0 radical (unpaired) electrons. The Labute approximate surface area is 88.8 Å². The van der Waals surface area contributed by atoms with Gasteiger partial charge < -0.3 is 10.6 Å². The molecule has 2 rings (SSSR count). The number of hydrogen-bond acceptors (Lipinski definition) is 3. The van der Waals surface area contributed by atoms with E-state index in [1.807, 2.05) is 11.8 Å². The highest BCUT2D eigenvalue weighted by Gasteiger charge is 2.24. The Morgan fingerprint density at radius 2 is 2.20 bits per heavy atom. The van der Waals surface area contributed by atoms with Crippen molar-refractivity contribution in [3.05, 3.63) is 12.4 Å². The van der Waals surface area contributed by atoms with Crippen molar-refractivity contribution in [1.82, 2.24) is 14.7 Å². The minimum atomic E-state index is -0.250. The van der Waals surface area contributed by atoms with Gasteiger partial charge in [0.25, 0.3) is 0 Å². The molecule has 0 saturated carbocycles. The molecule has 0 aromatic carbocycles. The molecule has 0 spiro atoms. The number of amides is 1. The smallest absolute Gasteiger partial charge is 0.247 e. The van der Waals surface area contributed by atoms with Crippen molar-refractivity contribution in [3.63, 3.8) is 0 Å². The number of nitrogens with two attached hydrogens (primary N) is 1. The van der Waals surface area contributed by atoms with Gasteiger partial charge in [0, 0.05) is 19.3 Å². The molecule has 0 bridgehead atoms. The van der Waals surface area contributed by atoms with E-state index in [0.29, 0.717) is 5.69 Å². The highest BCUT2D eigenvalue weighted by atomic mass is 16.2. The molecule has 1 aliphatic heterocycles. The fraction of sp³-hybridized carbons (Fsp3) is 0.600. The number of aromatic nitrogens is 2. The number of hydrogen-bond donors (Lipinski definition) is 1. The maximum atomic E-state index is 12.0. The van der Waals surface area contributed by atoms with E-state index in [0.717, 1.165) is 25.9 Å². The van der Waals surface area contributed by atoms with E-state index in [2.05, 4.69) is 5.10 Å². The molecule has 1 aliphatic rings. The maximum Gasteiger partial charge on any atom is 0.247 e. The van der Waals surface area contributed by atoms with Gasteiger partial charge in [-0.15, -0.1) is 0 Å². The van der Waals surface area contributed by atoms with E-state index in [-0.39, 0.29) is 11.9 Å². The van der Waals surface area contributed by atoms with Crippen LogP contribution in [0.3, 0.4) is 0 Å². The fourth-order valence-corrected chi connectivity index (χ4v) is 1.88. The van der Waals surface area contributed by atoms with Crippen LogP contribution in [-0.2, 0) is 4.79 Å². The van der Waals surface area contributed by atoms with E-state index in [9.17, 15) is 4.79 Å². The largest absolute Gasteiger partial charge is 0.396 e. The van der Waals surface area contributed by atoms with Crippen LogP contribution in [0.2, 0.25) is 0 Å². The summed E-state index contributed by atoms with van der Waals surface area (Å²) in [7, 11) is 0. The molecule has 2 heterocycles. The second kappa shape index (κ2) is 3.92. The van der Waals surface area contributed by atoms with Gasteiger partial charge in [-0.1, -0.05) is 0 Å². The van der Waals surface area contributed by atoms with E-state index in [1.54, 1.807) is 17.1 Å². The summed E-state index contributed by atoms with van der Waals surface area (Å²) < 4.78 is 1.62. The normalized spacial score (nSPS) is 18.1. The Kier molecular flexibility index (Phi) is 2.62. The summed E-state index contributed by atoms with van der Waals surface area (Å²) >= 11 is 0. The summed E-state index contributed by atoms with van der Waals surface area (Å²) in [5, 5.41) is 4.05. The molecule has 1 amide bonds. The van der Waals surface area contributed by atoms with Crippen LogP contribution in [0, 0.1) is 0 Å². The summed E-state index contributed by atoms with van der Waals surface area (Å²) in [4.78, 5) is 13.9. The Bertz CT molecular complexity index is 354. The van der Waals surface area contributed by atoms with Crippen molar-refractivity contribution in [1.29, 1.82) is 0 Å². The van der Waals surface area contributed by atoms with Gasteiger partial charge in [0.05, 0.1) is 11.9 Å². The van der Waals surface area contributed by atoms with Crippen LogP contribution in [0.1, 0.15) is 25.8 Å². The average molecular weight is 208 g/mol. The van der Waals surface area contributed by atoms with Crippen LogP contribution < -0.4 is 5.73 Å². The minimum Gasteiger partial charge on any atom is -0.396 e. The van der Waals surface area contributed by atoms with Crippen LogP contribution in [0.5, 0.6) is 0 Å². The zero-order chi connectivity index (χ0) is 10.8. The highest BCUT2D eigenvalue weighted by molar-refractivity contribution is 5.80. The van der Waals surface area contributed by atoms with Gasteiger partial charge >= 0.3 is 0 Å². The van der Waals surface area contributed by atoms with Crippen molar-refractivity contribution < 1.29 is 4.79 Å². The van der Waals surface area contributed by atoms with Gasteiger partial charge in [0.15, 0.2) is 0 Å². The van der Waals surface area contributed by atoms with Gasteiger partial charge in [-0.2, -0.15) is 5.10 Å². The predicted molar refractivity (Wildman–Crippen MR) is 57.2 cm³/mol. The molecule has 15 heavy (non-hydrogen) atoms. The van der Waals surface area contributed by atoms with Crippen molar-refractivity contribution in [2.75, 3.05) is 18.8 Å². The molecule has 1 aromatic rings. The molecule has 2 N–H and O–H groups in total. The number of nitrogens with zero attached hydrogens (tertiary/aromatic N) is 3. The van der Waals surface area contributed by atoms with Gasteiger partial charge in [0.1, 0.15) is 6.04 Å². The third kappa shape index (κ3) is 1.95. The molecule has 82 valence electrons. The van der Waals surface area contributed by atoms with E-state index in [1.165, 1.54) is 0 Å². The molecule has 0 aliphatic carbocycles. The predicted octanol–water partition coefficient (Wildman–Crippen LogP) is 0.649. The van der Waals surface area contributed by atoms with Gasteiger partial charge in [0.2, 0.25) is 5.91 Å². The molecule has 1 atom stereocenters. The summed E-state index contributed by atoms with van der Waals surface area (Å²) in [5.74, 6) is 0.135. The second-order valence-corrected chi connectivity index (χ2v) is 3.96. The van der Waals surface area contributed by atoms with Crippen LogP contribution in [-0.4, -0.2) is 33.7 Å². The average Bonchev–Trinajstić information content (AvgIpc) is 2.85. The molecular formula is C10H16N4O. The molecular weight excluding hydrogens is 192 g/mol. The lowest BCUT2D eigenvalue weighted by molar-refractivity contribution is -0.133. The zero-order valence-corrected chi connectivity index (χ0v) is 8.89. The number of carbonyl (C=O) groups excluding carboxylic acids is 1. The minimum absolute atomic E-state index is 0.135. The van der Waals surface area contributed by atoms with Gasteiger partial charge in [-0.25, -0.2) is 0 Å². The van der Waals surface area contributed by atoms with Crippen LogP contribution in [0.15, 0.2) is 12.4 Å². The first kappa shape index (κ1) is 10.0. The van der Waals surface area contributed by atoms with Crippen LogP contribution >= 0.6 is 0 Å². The summed E-state index contributed by atoms with van der Waals surface area (Å²) in [6, 6.07) is -0.250. The Hall–Kier alpha value is -1.52. The maximum absolute atomic E-state index is 12.0. The first-order chi connectivity index (χ1) is 7.18. The molecule has 5 heteroatoms. The van der Waals surface area contributed by atoms with Crippen molar-refractivity contribution in [3.8, 4) is 0 Å². The van der Waals surface area contributed by atoms with E-state index >= 15 is 0 Å². The lowest BCUT2D eigenvalue weighted by atomic mass is 10.3. The van der Waals surface area contributed by atoms with Gasteiger partial charge in [-0.05, 0) is 19.8 Å². The quantitative estimate of drug-likeness (QED) is 0.776. The van der Waals surface area contributed by atoms with Crippen LogP contribution in [0.4, 0.5) is 5.69 Å². The number of rotatable bonds is 2. The van der Waals surface area contributed by atoms with Gasteiger partial charge in [-0.3, -0.25) is 9.48 Å². The third-order valence-electron chi connectivity index (χ3n) is 2.79. The molecule has 5 nitrogen and oxygen atoms in total. The Morgan fingerprint density at radius 1 is 1.53 bits per heavy atom. The number of likely N-dealkylation sites (tertiary alicyclic amines) is 1. The van der Waals surface area contributed by atoms with E-state index < -0.39 is 0 Å². The SMILES string of the molecule is CC(C(=O)N1CCCC1)n1cc(N)cn1. The summed E-state index contributed by atoms with van der Waals surface area (Å²) in [6.45, 7) is 3.60. The first-order valence-electron chi connectivity index (χ1n) is 5.27. The monoisotopic (exact) mass is 208 g/mol. The second-order valence-electron chi connectivity index (χ2n) is 3.96. The Morgan fingerprint density at radius 3 is 2.73 bits per heavy atom. The fourth-order valence-electron chi connectivity index (χ4n) is 1.88. The topological polar surface area (TPSA) is 64.2 Å². The van der Waals surface area contributed by atoms with Crippen molar-refractivity contribution >= 4 is 11.6 Å². The lowest BCUT2D eigenvalue weighted by Gasteiger charge is -2.20. The Balaban J connectivity index is 2.06. The number of carbonyl (C=O) groups is 1. The molecule has 1 saturated heterocycles. The van der Waals surface area contributed by atoms with Crippen molar-refractivity contribution in [2.24, 2.45) is 0 Å². The number of anilines is 1. The van der Waals surface area contributed by atoms with Crippen LogP contribution in [0.25, 0.3) is 0 Å². The number of nitrogen functional groups attached to an aromatic ring is 1. The lowest BCUT2D eigenvalue weighted by Crippen LogP contribution is -2.34. The summed E-state index contributed by atoms with van der Waals surface area (Å²) in [5.41, 5.74) is 6.16. The standard InChI is InChI=1S/C10H16N4O/c1-8(14-7-9(11)6-12-14)10(15)13-4-2-3-5-13/h6-8H,2-5,11H2,1H3. The zero-order valence-electron chi connectivity index (χ0n) is 8.89.